The van der Waals surface area contributed by atoms with E-state index in [2.05, 4.69) is 5.32 Å². The Bertz CT molecular complexity index is 753. The van der Waals surface area contributed by atoms with Crippen LogP contribution in [0.2, 0.25) is 5.02 Å². The zero-order chi connectivity index (χ0) is 20.4. The predicted octanol–water partition coefficient (Wildman–Crippen LogP) is 2.90. The van der Waals surface area contributed by atoms with E-state index in [9.17, 15) is 9.59 Å². The van der Waals surface area contributed by atoms with Crippen molar-refractivity contribution in [2.75, 3.05) is 26.9 Å². The van der Waals surface area contributed by atoms with Gasteiger partial charge < -0.3 is 19.7 Å². The molecule has 1 atom stereocenters. The van der Waals surface area contributed by atoms with E-state index in [0.29, 0.717) is 23.9 Å². The minimum atomic E-state index is -0.667. The Balaban J connectivity index is 2.08. The van der Waals surface area contributed by atoms with Crippen LogP contribution in [0.1, 0.15) is 12.5 Å². The smallest absolute Gasteiger partial charge is 0.261 e. The molecule has 0 spiro atoms. The summed E-state index contributed by atoms with van der Waals surface area (Å²) in [5, 5.41) is 3.38. The maximum Gasteiger partial charge on any atom is 0.261 e. The van der Waals surface area contributed by atoms with Crippen molar-refractivity contribution < 1.29 is 19.1 Å². The largest absolute Gasteiger partial charge is 0.484 e. The van der Waals surface area contributed by atoms with E-state index >= 15 is 0 Å². The van der Waals surface area contributed by atoms with Gasteiger partial charge in [0.25, 0.3) is 5.91 Å². The highest BCUT2D eigenvalue weighted by Gasteiger charge is 2.26. The van der Waals surface area contributed by atoms with Crippen LogP contribution in [0.3, 0.4) is 0 Å². The summed E-state index contributed by atoms with van der Waals surface area (Å²) in [5.41, 5.74) is 0.869. The normalized spacial score (nSPS) is 11.5. The molecule has 0 saturated heterocycles. The summed E-state index contributed by atoms with van der Waals surface area (Å²) in [6.07, 6.45) is 0. The second-order valence-corrected chi connectivity index (χ2v) is 6.65. The van der Waals surface area contributed by atoms with Gasteiger partial charge in [-0.15, -0.1) is 0 Å². The quantitative estimate of drug-likeness (QED) is 0.618. The Morgan fingerprint density at radius 3 is 2.43 bits per heavy atom. The number of methoxy groups -OCH3 is 1. The van der Waals surface area contributed by atoms with Crippen molar-refractivity contribution in [3.8, 4) is 5.75 Å². The van der Waals surface area contributed by atoms with Crippen LogP contribution in [0.15, 0.2) is 54.6 Å². The van der Waals surface area contributed by atoms with Gasteiger partial charge in [-0.25, -0.2) is 0 Å². The van der Waals surface area contributed by atoms with Gasteiger partial charge in [0, 0.05) is 25.2 Å². The zero-order valence-electron chi connectivity index (χ0n) is 16.1. The molecule has 0 saturated carbocycles. The third-order valence-corrected chi connectivity index (χ3v) is 4.40. The molecule has 0 heterocycles. The number of hydrogen-bond donors (Lipinski definition) is 1. The van der Waals surface area contributed by atoms with Crippen LogP contribution in [-0.4, -0.2) is 49.6 Å². The van der Waals surface area contributed by atoms with Crippen molar-refractivity contribution in [1.82, 2.24) is 10.2 Å². The summed E-state index contributed by atoms with van der Waals surface area (Å²) in [7, 11) is 1.56. The molecule has 2 aromatic carbocycles. The van der Waals surface area contributed by atoms with E-state index in [-0.39, 0.29) is 25.0 Å². The molecule has 0 aliphatic carbocycles. The minimum absolute atomic E-state index is 0.159. The average Bonchev–Trinajstić information content (AvgIpc) is 2.72. The number of rotatable bonds is 10. The third kappa shape index (κ3) is 6.87. The third-order valence-electron chi connectivity index (χ3n) is 4.14. The van der Waals surface area contributed by atoms with Gasteiger partial charge in [0.05, 0.1) is 6.61 Å². The standard InChI is InChI=1S/C21H25ClN2O4/c1-16(21(26)23-12-13-27-2)24(14-17-8-10-18(22)11-9-17)20(25)15-28-19-6-4-3-5-7-19/h3-11,16H,12-15H2,1-2H3,(H,23,26)/t16-/m1/s1. The van der Waals surface area contributed by atoms with Gasteiger partial charge in [-0.05, 0) is 36.8 Å². The Kier molecular flexibility index (Phi) is 8.78. The van der Waals surface area contributed by atoms with E-state index < -0.39 is 6.04 Å². The van der Waals surface area contributed by atoms with E-state index in [0.717, 1.165) is 5.56 Å². The van der Waals surface area contributed by atoms with E-state index in [1.807, 2.05) is 30.3 Å². The Morgan fingerprint density at radius 1 is 1.11 bits per heavy atom. The highest BCUT2D eigenvalue weighted by molar-refractivity contribution is 6.30. The molecule has 28 heavy (non-hydrogen) atoms. The molecule has 0 radical (unpaired) electrons. The number of hydrogen-bond acceptors (Lipinski definition) is 4. The van der Waals surface area contributed by atoms with Gasteiger partial charge in [-0.3, -0.25) is 9.59 Å². The number of amides is 2. The van der Waals surface area contributed by atoms with Crippen LogP contribution in [0.4, 0.5) is 0 Å². The van der Waals surface area contributed by atoms with Crippen molar-refractivity contribution in [3.05, 3.63) is 65.2 Å². The Labute approximate surface area is 170 Å². The summed E-state index contributed by atoms with van der Waals surface area (Å²) in [6, 6.07) is 15.6. The molecule has 0 aliphatic rings. The number of carbonyl (C=O) groups is 2. The molecule has 0 aliphatic heterocycles. The number of para-hydroxylation sites is 1. The lowest BCUT2D eigenvalue weighted by Gasteiger charge is -2.28. The van der Waals surface area contributed by atoms with Gasteiger partial charge in [-0.2, -0.15) is 0 Å². The molecule has 0 fully saturated rings. The fraction of sp³-hybridized carbons (Fsp3) is 0.333. The monoisotopic (exact) mass is 404 g/mol. The first-order valence-electron chi connectivity index (χ1n) is 8.99. The molecule has 0 aromatic heterocycles. The topological polar surface area (TPSA) is 67.9 Å². The molecule has 2 rings (SSSR count). The second-order valence-electron chi connectivity index (χ2n) is 6.21. The molecule has 150 valence electrons. The van der Waals surface area contributed by atoms with Crippen molar-refractivity contribution in [2.24, 2.45) is 0 Å². The molecule has 0 bridgehead atoms. The van der Waals surface area contributed by atoms with Crippen molar-refractivity contribution in [3.63, 3.8) is 0 Å². The number of benzene rings is 2. The minimum Gasteiger partial charge on any atom is -0.484 e. The van der Waals surface area contributed by atoms with E-state index in [1.54, 1.807) is 38.3 Å². The van der Waals surface area contributed by atoms with Crippen LogP contribution >= 0.6 is 11.6 Å². The highest BCUT2D eigenvalue weighted by Crippen LogP contribution is 2.15. The van der Waals surface area contributed by atoms with Crippen molar-refractivity contribution >= 4 is 23.4 Å². The van der Waals surface area contributed by atoms with Crippen LogP contribution < -0.4 is 10.1 Å². The summed E-state index contributed by atoms with van der Waals surface area (Å²) in [5.74, 6) is 0.0618. The predicted molar refractivity (Wildman–Crippen MR) is 108 cm³/mol. The van der Waals surface area contributed by atoms with Crippen molar-refractivity contribution in [2.45, 2.75) is 19.5 Å². The maximum absolute atomic E-state index is 12.8. The van der Waals surface area contributed by atoms with Gasteiger partial charge in [-0.1, -0.05) is 41.9 Å². The molecule has 1 N–H and O–H groups in total. The van der Waals surface area contributed by atoms with Gasteiger partial charge in [0.15, 0.2) is 6.61 Å². The Morgan fingerprint density at radius 2 is 1.79 bits per heavy atom. The van der Waals surface area contributed by atoms with Crippen LogP contribution in [0.5, 0.6) is 5.75 Å². The Hall–Kier alpha value is -2.57. The van der Waals surface area contributed by atoms with Gasteiger partial charge in [0.1, 0.15) is 11.8 Å². The lowest BCUT2D eigenvalue weighted by Crippen LogP contribution is -2.49. The molecular formula is C21H25ClN2O4. The number of carbonyl (C=O) groups excluding carboxylic acids is 2. The van der Waals surface area contributed by atoms with Crippen LogP contribution in [0, 0.1) is 0 Å². The first-order valence-corrected chi connectivity index (χ1v) is 9.37. The molecule has 7 heteroatoms. The van der Waals surface area contributed by atoms with E-state index in [4.69, 9.17) is 21.1 Å². The summed E-state index contributed by atoms with van der Waals surface area (Å²) in [4.78, 5) is 26.8. The zero-order valence-corrected chi connectivity index (χ0v) is 16.8. The molecule has 2 aromatic rings. The lowest BCUT2D eigenvalue weighted by molar-refractivity contribution is -0.142. The summed E-state index contributed by atoms with van der Waals surface area (Å²) >= 11 is 5.94. The van der Waals surface area contributed by atoms with Gasteiger partial charge in [0.2, 0.25) is 5.91 Å². The first-order chi connectivity index (χ1) is 13.5. The van der Waals surface area contributed by atoms with E-state index in [1.165, 1.54) is 4.90 Å². The number of ether oxygens (including phenoxy) is 2. The molecule has 6 nitrogen and oxygen atoms in total. The van der Waals surface area contributed by atoms with Crippen molar-refractivity contribution in [1.29, 1.82) is 0 Å². The number of halogens is 1. The molecule has 2 amide bonds. The second kappa shape index (κ2) is 11.3. The average molecular weight is 405 g/mol. The molecule has 0 unspecified atom stereocenters. The van der Waals surface area contributed by atoms with Crippen LogP contribution in [0.25, 0.3) is 0 Å². The first kappa shape index (κ1) is 21.7. The fourth-order valence-corrected chi connectivity index (χ4v) is 2.66. The number of nitrogens with one attached hydrogen (secondary N) is 1. The SMILES string of the molecule is COCCNC(=O)[C@@H](C)N(Cc1ccc(Cl)cc1)C(=O)COc1ccccc1. The molecular weight excluding hydrogens is 380 g/mol. The van der Waals surface area contributed by atoms with Crippen LogP contribution in [-0.2, 0) is 20.9 Å². The highest BCUT2D eigenvalue weighted by atomic mass is 35.5. The number of nitrogens with zero attached hydrogens (tertiary/aromatic N) is 1. The summed E-state index contributed by atoms with van der Waals surface area (Å²) < 4.78 is 10.5. The lowest BCUT2D eigenvalue weighted by atomic mass is 10.1. The fourth-order valence-electron chi connectivity index (χ4n) is 2.54. The maximum atomic E-state index is 12.8. The summed E-state index contributed by atoms with van der Waals surface area (Å²) in [6.45, 7) is 2.59. The van der Waals surface area contributed by atoms with Gasteiger partial charge >= 0.3 is 0 Å².